The smallest absolute Gasteiger partial charge is 0.147 e. The first-order valence-electron chi connectivity index (χ1n) is 7.71. The molecule has 1 aliphatic carbocycles. The van der Waals surface area contributed by atoms with E-state index in [0.717, 1.165) is 0 Å². The summed E-state index contributed by atoms with van der Waals surface area (Å²) in [6, 6.07) is 8.95. The second-order valence-corrected chi connectivity index (χ2v) is 38.7. The fraction of sp³-hybridized carbons (Fsp3) is 0.412. The van der Waals surface area contributed by atoms with Gasteiger partial charge < -0.3 is 0 Å². The normalized spacial score (nSPS) is 20.0. The number of benzene rings is 1. The van der Waals surface area contributed by atoms with Gasteiger partial charge in [-0.25, -0.2) is 0 Å². The molecule has 1 aliphatic heterocycles. The van der Waals surface area contributed by atoms with Crippen molar-refractivity contribution < 1.29 is 17.7 Å². The van der Waals surface area contributed by atoms with E-state index in [0.29, 0.717) is 4.16 Å². The van der Waals surface area contributed by atoms with Gasteiger partial charge in [-0.2, -0.15) is 0 Å². The summed E-state index contributed by atoms with van der Waals surface area (Å²) in [5.41, 5.74) is 1.64. The Labute approximate surface area is 173 Å². The van der Waals surface area contributed by atoms with Gasteiger partial charge in [0.1, 0.15) is 0 Å². The molecule has 0 bridgehead atoms. The molecule has 0 fully saturated rings. The molecule has 1 heterocycles. The Morgan fingerprint density at radius 3 is 2.21 bits per heavy atom. The molecule has 1 aromatic rings. The summed E-state index contributed by atoms with van der Waals surface area (Å²) < 4.78 is 11.2. The third-order valence-corrected chi connectivity index (χ3v) is 18.1. The molecule has 3 rings (SSSR count). The zero-order chi connectivity index (χ0) is 16.4. The average Bonchev–Trinajstić information content (AvgIpc) is 2.79. The molecule has 0 radical (unpaired) electrons. The zero-order valence-electron chi connectivity index (χ0n) is 14.8. The zero-order valence-corrected chi connectivity index (χ0v) is 22.7. The molecule has 0 spiro atoms. The van der Waals surface area contributed by atoms with Gasteiger partial charge in [-0.1, -0.05) is 0 Å². The fourth-order valence-electron chi connectivity index (χ4n) is 4.00. The summed E-state index contributed by atoms with van der Waals surface area (Å²) in [6.45, 7) is 9.14. The number of alkyl halides is 1. The molecule has 1 nitrogen and oxygen atoms in total. The second-order valence-electron chi connectivity index (χ2n) is 8.36. The Hall–Kier alpha value is 1.17. The first-order chi connectivity index (χ1) is 9.96. The van der Waals surface area contributed by atoms with E-state index in [2.05, 4.69) is 86.4 Å². The molecule has 7 heteroatoms. The minimum atomic E-state index is -3.21. The molecule has 0 amide bonds. The van der Waals surface area contributed by atoms with Gasteiger partial charge in [0.15, 0.2) is 0 Å². The molecular weight excluding hydrogens is 520 g/mol. The molecule has 1 aromatic carbocycles. The second kappa shape index (κ2) is 7.30. The van der Waals surface area contributed by atoms with Gasteiger partial charge in [0.2, 0.25) is 0 Å². The fourth-order valence-corrected chi connectivity index (χ4v) is 23.0. The van der Waals surface area contributed by atoms with Crippen LogP contribution in [0.15, 0.2) is 35.9 Å². The quantitative estimate of drug-likeness (QED) is 0.448. The number of hydrogen-bond donors (Lipinski definition) is 1. The van der Waals surface area contributed by atoms with Gasteiger partial charge in [0.05, 0.1) is 0 Å². The van der Waals surface area contributed by atoms with Gasteiger partial charge in [0, 0.05) is 0 Å². The van der Waals surface area contributed by atoms with Crippen LogP contribution in [-0.2, 0) is 17.7 Å². The van der Waals surface area contributed by atoms with Crippen LogP contribution in [0.5, 0.6) is 0 Å². The SMILES string of the molecule is CC(C)(C)[NH][Zr]([CH3])([CH3])(=[SiH2])[C]1=c2ccccc2=C2SC(Br)C=C21.Cl.Cl. The monoisotopic (exact) mass is 543 g/mol. The molecule has 2 aliphatic rings. The Kier molecular flexibility index (Phi) is 7.06. The van der Waals surface area contributed by atoms with E-state index in [4.69, 9.17) is 0 Å². The first-order valence-corrected chi connectivity index (χ1v) is 22.8. The van der Waals surface area contributed by atoms with E-state index in [1.54, 1.807) is 3.28 Å². The topological polar surface area (TPSA) is 12.0 Å². The summed E-state index contributed by atoms with van der Waals surface area (Å²) in [4.78, 5) is 1.47. The van der Waals surface area contributed by atoms with Gasteiger partial charge in [0.25, 0.3) is 0 Å². The summed E-state index contributed by atoms with van der Waals surface area (Å²) in [7, 11) is 0. The summed E-state index contributed by atoms with van der Waals surface area (Å²) in [5.74, 6) is 0. The maximum absolute atomic E-state index is 4.09. The van der Waals surface area contributed by atoms with Crippen LogP contribution < -0.4 is 13.7 Å². The van der Waals surface area contributed by atoms with Gasteiger partial charge in [-0.15, -0.1) is 24.8 Å². The van der Waals surface area contributed by atoms with Gasteiger partial charge in [-0.05, 0) is 0 Å². The number of nitrogens with one attached hydrogen (secondary N) is 1. The van der Waals surface area contributed by atoms with Crippen molar-refractivity contribution in [2.24, 2.45) is 0 Å². The van der Waals surface area contributed by atoms with E-state index in [-0.39, 0.29) is 30.4 Å². The van der Waals surface area contributed by atoms with E-state index in [9.17, 15) is 0 Å². The molecule has 0 aromatic heterocycles. The molecule has 1 atom stereocenters. The van der Waals surface area contributed by atoms with Crippen LogP contribution in [0.4, 0.5) is 0 Å². The van der Waals surface area contributed by atoms with Crippen molar-refractivity contribution in [2.75, 3.05) is 0 Å². The van der Waals surface area contributed by atoms with Crippen molar-refractivity contribution in [1.29, 1.82) is 0 Å². The molecular formula is C17H26BrCl2NSSiZr. The minimum absolute atomic E-state index is 0. The number of hydrogen-bond acceptors (Lipinski definition) is 2. The Balaban J connectivity index is 0.00000144. The van der Waals surface area contributed by atoms with Gasteiger partial charge in [-0.3, -0.25) is 0 Å². The molecule has 1 unspecified atom stereocenters. The van der Waals surface area contributed by atoms with Crippen LogP contribution in [0.1, 0.15) is 20.8 Å². The molecule has 1 N–H and O–H groups in total. The Bertz CT molecular complexity index is 883. The van der Waals surface area contributed by atoms with Crippen LogP contribution in [0.2, 0.25) is 9.26 Å². The van der Waals surface area contributed by atoms with Crippen molar-refractivity contribution in [3.05, 3.63) is 46.4 Å². The van der Waals surface area contributed by atoms with Crippen molar-refractivity contribution in [3.63, 3.8) is 0 Å². The summed E-state index contributed by atoms with van der Waals surface area (Å²) in [6.07, 6.45) is 2.41. The van der Waals surface area contributed by atoms with Crippen molar-refractivity contribution in [2.45, 2.75) is 39.7 Å². The number of fused-ring (bicyclic) bond motifs is 2. The van der Waals surface area contributed by atoms with Crippen LogP contribution in [0, 0.1) is 0 Å². The Morgan fingerprint density at radius 1 is 1.12 bits per heavy atom. The molecule has 0 saturated carbocycles. The predicted octanol–water partition coefficient (Wildman–Crippen LogP) is 3.79. The van der Waals surface area contributed by atoms with Crippen LogP contribution in [0.25, 0.3) is 8.19 Å². The maximum atomic E-state index is 4.09. The van der Waals surface area contributed by atoms with Crippen molar-refractivity contribution in [1.82, 2.24) is 3.26 Å². The van der Waals surface area contributed by atoms with E-state index in [1.807, 2.05) is 11.8 Å². The van der Waals surface area contributed by atoms with Crippen LogP contribution in [-0.4, -0.2) is 16.6 Å². The van der Waals surface area contributed by atoms with Crippen LogP contribution in [0.3, 0.4) is 0 Å². The van der Waals surface area contributed by atoms with Crippen molar-refractivity contribution >= 4 is 67.6 Å². The number of thioether (sulfide) groups is 1. The average molecular weight is 547 g/mol. The summed E-state index contributed by atoms with van der Waals surface area (Å²) in [5, 5.41) is 2.90. The Morgan fingerprint density at radius 2 is 1.67 bits per heavy atom. The summed E-state index contributed by atoms with van der Waals surface area (Å²) >= 11 is 2.51. The first kappa shape index (κ1) is 23.2. The third-order valence-electron chi connectivity index (χ3n) is 4.06. The van der Waals surface area contributed by atoms with E-state index < -0.39 is 17.7 Å². The van der Waals surface area contributed by atoms with E-state index in [1.165, 1.54) is 20.9 Å². The standard InChI is InChI=1S/C11H6BrS.C4H10N.2CH3.2ClH.H2Si.Zr/c12-10-6-8-5-7-3-1-2-4-9(7)11(8)13-10;1-4(2,3)5;;;;;;/h1-4,6,10H;5H,1-3H3;2*1H3;2*1H;1H2;/q;-1;;;;;;+1. The van der Waals surface area contributed by atoms with Crippen molar-refractivity contribution in [3.8, 4) is 0 Å². The largest absolute Gasteiger partial charge is 0.147 e. The molecule has 24 heavy (non-hydrogen) atoms. The number of rotatable bonds is 2. The molecule has 0 saturated heterocycles. The predicted molar refractivity (Wildman–Crippen MR) is 119 cm³/mol. The molecule has 134 valence electrons. The van der Waals surface area contributed by atoms with Gasteiger partial charge >= 0.3 is 150 Å². The maximum Gasteiger partial charge on any atom is -0.147 e. The third kappa shape index (κ3) is 4.35. The van der Waals surface area contributed by atoms with E-state index >= 15 is 0 Å². The minimum Gasteiger partial charge on any atom is -0.147 e. The van der Waals surface area contributed by atoms with Crippen LogP contribution >= 0.6 is 52.5 Å². The number of halogens is 3.